The van der Waals surface area contributed by atoms with E-state index in [1.807, 2.05) is 17.8 Å². The third-order valence-electron chi connectivity index (χ3n) is 1.97. The Balaban J connectivity index is 2.45. The molecule has 0 bridgehead atoms. The van der Waals surface area contributed by atoms with Gasteiger partial charge in [0.25, 0.3) is 0 Å². The SMILES string of the molecule is CSCC(C)NC(C)c1ccc(Cl)s1. The topological polar surface area (TPSA) is 12.0 Å². The molecule has 0 saturated carbocycles. The molecule has 0 aliphatic heterocycles. The molecule has 1 heterocycles. The lowest BCUT2D eigenvalue weighted by molar-refractivity contribution is 0.517. The monoisotopic (exact) mass is 249 g/mol. The first-order valence-corrected chi connectivity index (χ1v) is 7.22. The Morgan fingerprint density at radius 2 is 2.21 bits per heavy atom. The number of rotatable bonds is 5. The summed E-state index contributed by atoms with van der Waals surface area (Å²) in [4.78, 5) is 1.31. The van der Waals surface area contributed by atoms with Crippen LogP contribution in [0.15, 0.2) is 12.1 Å². The van der Waals surface area contributed by atoms with Crippen molar-refractivity contribution in [2.45, 2.75) is 25.9 Å². The summed E-state index contributed by atoms with van der Waals surface area (Å²) < 4.78 is 0.867. The predicted octanol–water partition coefficient (Wildman–Crippen LogP) is 3.80. The van der Waals surface area contributed by atoms with Gasteiger partial charge in [-0.15, -0.1) is 11.3 Å². The van der Waals surface area contributed by atoms with E-state index in [1.54, 1.807) is 11.3 Å². The van der Waals surface area contributed by atoms with Crippen molar-refractivity contribution in [1.82, 2.24) is 5.32 Å². The Kier molecular flexibility index (Phi) is 5.31. The van der Waals surface area contributed by atoms with E-state index in [0.717, 1.165) is 10.1 Å². The number of halogens is 1. The van der Waals surface area contributed by atoms with Gasteiger partial charge in [-0.05, 0) is 32.2 Å². The molecule has 0 spiro atoms. The van der Waals surface area contributed by atoms with Crippen molar-refractivity contribution in [3.8, 4) is 0 Å². The summed E-state index contributed by atoms with van der Waals surface area (Å²) in [5, 5.41) is 3.54. The van der Waals surface area contributed by atoms with E-state index in [0.29, 0.717) is 12.1 Å². The Morgan fingerprint density at radius 1 is 1.50 bits per heavy atom. The lowest BCUT2D eigenvalue weighted by Gasteiger charge is -2.18. The van der Waals surface area contributed by atoms with Gasteiger partial charge in [0, 0.05) is 22.7 Å². The van der Waals surface area contributed by atoms with E-state index < -0.39 is 0 Å². The second-order valence-electron chi connectivity index (χ2n) is 3.39. The molecule has 0 aliphatic carbocycles. The van der Waals surface area contributed by atoms with Crippen LogP contribution in [-0.4, -0.2) is 18.1 Å². The van der Waals surface area contributed by atoms with Gasteiger partial charge in [-0.3, -0.25) is 0 Å². The van der Waals surface area contributed by atoms with Gasteiger partial charge in [0.05, 0.1) is 4.34 Å². The van der Waals surface area contributed by atoms with Gasteiger partial charge < -0.3 is 5.32 Å². The first-order chi connectivity index (χ1) is 6.63. The van der Waals surface area contributed by atoms with Gasteiger partial charge >= 0.3 is 0 Å². The van der Waals surface area contributed by atoms with Crippen LogP contribution in [-0.2, 0) is 0 Å². The van der Waals surface area contributed by atoms with Crippen molar-refractivity contribution in [2.75, 3.05) is 12.0 Å². The van der Waals surface area contributed by atoms with E-state index in [9.17, 15) is 0 Å². The lowest BCUT2D eigenvalue weighted by Crippen LogP contribution is -2.30. The molecule has 1 aromatic heterocycles. The molecule has 0 fully saturated rings. The average molecular weight is 250 g/mol. The highest BCUT2D eigenvalue weighted by Gasteiger charge is 2.10. The van der Waals surface area contributed by atoms with E-state index in [2.05, 4.69) is 31.5 Å². The summed E-state index contributed by atoms with van der Waals surface area (Å²) in [6, 6.07) is 4.99. The molecule has 0 radical (unpaired) electrons. The molecule has 0 saturated heterocycles. The number of hydrogen-bond donors (Lipinski definition) is 1. The highest BCUT2D eigenvalue weighted by Crippen LogP contribution is 2.26. The van der Waals surface area contributed by atoms with Crippen LogP contribution in [0.1, 0.15) is 24.8 Å². The second-order valence-corrected chi connectivity index (χ2v) is 6.04. The zero-order chi connectivity index (χ0) is 10.6. The van der Waals surface area contributed by atoms with Crippen molar-refractivity contribution in [3.63, 3.8) is 0 Å². The minimum atomic E-state index is 0.398. The van der Waals surface area contributed by atoms with Gasteiger partial charge in [0.1, 0.15) is 0 Å². The van der Waals surface area contributed by atoms with Gasteiger partial charge in [0.15, 0.2) is 0 Å². The summed E-state index contributed by atoms with van der Waals surface area (Å²) in [7, 11) is 0. The van der Waals surface area contributed by atoms with Crippen molar-refractivity contribution in [1.29, 1.82) is 0 Å². The maximum absolute atomic E-state index is 5.89. The van der Waals surface area contributed by atoms with Crippen molar-refractivity contribution in [3.05, 3.63) is 21.3 Å². The number of thiophene rings is 1. The average Bonchev–Trinajstić information content (AvgIpc) is 2.52. The minimum Gasteiger partial charge on any atom is -0.306 e. The third kappa shape index (κ3) is 3.81. The van der Waals surface area contributed by atoms with Gasteiger partial charge in [0.2, 0.25) is 0 Å². The van der Waals surface area contributed by atoms with Gasteiger partial charge in [-0.2, -0.15) is 11.8 Å². The summed E-state index contributed by atoms with van der Waals surface area (Å²) in [6.45, 7) is 4.39. The van der Waals surface area contributed by atoms with Crippen LogP contribution in [0, 0.1) is 0 Å². The van der Waals surface area contributed by atoms with Crippen LogP contribution in [0.25, 0.3) is 0 Å². The van der Waals surface area contributed by atoms with E-state index in [4.69, 9.17) is 11.6 Å². The molecule has 2 atom stereocenters. The van der Waals surface area contributed by atoms with Crippen LogP contribution in [0.5, 0.6) is 0 Å². The Morgan fingerprint density at radius 3 is 2.71 bits per heavy atom. The number of thioether (sulfide) groups is 1. The highest BCUT2D eigenvalue weighted by atomic mass is 35.5. The fourth-order valence-electron chi connectivity index (χ4n) is 1.37. The van der Waals surface area contributed by atoms with Gasteiger partial charge in [-0.25, -0.2) is 0 Å². The fourth-order valence-corrected chi connectivity index (χ4v) is 3.04. The third-order valence-corrected chi connectivity index (χ3v) is 4.22. The molecule has 0 amide bonds. The molecule has 4 heteroatoms. The van der Waals surface area contributed by atoms with Crippen molar-refractivity contribution < 1.29 is 0 Å². The summed E-state index contributed by atoms with van der Waals surface area (Å²) in [5.41, 5.74) is 0. The lowest BCUT2D eigenvalue weighted by atomic mass is 10.2. The minimum absolute atomic E-state index is 0.398. The molecule has 14 heavy (non-hydrogen) atoms. The van der Waals surface area contributed by atoms with Crippen LogP contribution >= 0.6 is 34.7 Å². The predicted molar refractivity (Wildman–Crippen MR) is 68.7 cm³/mol. The molecule has 80 valence electrons. The molecule has 1 aromatic rings. The fraction of sp³-hybridized carbons (Fsp3) is 0.600. The molecule has 1 rings (SSSR count). The van der Waals surface area contributed by atoms with Crippen molar-refractivity contribution >= 4 is 34.7 Å². The summed E-state index contributed by atoms with van der Waals surface area (Å²) in [5.74, 6) is 1.14. The maximum atomic E-state index is 5.89. The maximum Gasteiger partial charge on any atom is 0.0931 e. The molecule has 0 aliphatic rings. The van der Waals surface area contributed by atoms with Crippen LogP contribution < -0.4 is 5.32 Å². The number of hydrogen-bond acceptors (Lipinski definition) is 3. The molecule has 2 unspecified atom stereocenters. The normalized spacial score (nSPS) is 15.4. The van der Waals surface area contributed by atoms with Crippen molar-refractivity contribution in [2.24, 2.45) is 0 Å². The van der Waals surface area contributed by atoms with Crippen LogP contribution in [0.2, 0.25) is 4.34 Å². The zero-order valence-electron chi connectivity index (χ0n) is 8.71. The summed E-state index contributed by atoms with van der Waals surface area (Å²) in [6.07, 6.45) is 2.13. The Labute approximate surface area is 99.2 Å². The highest BCUT2D eigenvalue weighted by molar-refractivity contribution is 7.98. The van der Waals surface area contributed by atoms with Gasteiger partial charge in [-0.1, -0.05) is 11.6 Å². The quantitative estimate of drug-likeness (QED) is 0.852. The van der Waals surface area contributed by atoms with E-state index in [-0.39, 0.29) is 0 Å². The molecular weight excluding hydrogens is 234 g/mol. The second kappa shape index (κ2) is 6.01. The largest absolute Gasteiger partial charge is 0.306 e. The molecule has 0 aromatic carbocycles. The van der Waals surface area contributed by atoms with E-state index in [1.165, 1.54) is 4.88 Å². The smallest absolute Gasteiger partial charge is 0.0931 e. The first-order valence-electron chi connectivity index (χ1n) is 4.63. The van der Waals surface area contributed by atoms with Crippen LogP contribution in [0.4, 0.5) is 0 Å². The number of nitrogens with one attached hydrogen (secondary N) is 1. The zero-order valence-corrected chi connectivity index (χ0v) is 11.1. The Hall–Kier alpha value is 0.300. The molecule has 1 N–H and O–H groups in total. The standard InChI is InChI=1S/C10H16ClNS2/c1-7(6-13-3)12-8(2)9-4-5-10(11)14-9/h4-5,7-8,12H,6H2,1-3H3. The summed E-state index contributed by atoms with van der Waals surface area (Å²) >= 11 is 9.41. The molecule has 1 nitrogen and oxygen atoms in total. The first kappa shape index (κ1) is 12.4. The van der Waals surface area contributed by atoms with E-state index >= 15 is 0 Å². The molecular formula is C10H16ClNS2. The Bertz CT molecular complexity index is 275. The van der Waals surface area contributed by atoms with Crippen LogP contribution in [0.3, 0.4) is 0 Å².